The van der Waals surface area contributed by atoms with Crippen LogP contribution in [0.3, 0.4) is 0 Å². The Morgan fingerprint density at radius 1 is 1.03 bits per heavy atom. The number of benzene rings is 2. The molecule has 0 saturated carbocycles. The highest BCUT2D eigenvalue weighted by Crippen LogP contribution is 2.45. The van der Waals surface area contributed by atoms with Crippen LogP contribution in [0.25, 0.3) is 22.3 Å². The molecule has 4 aliphatic rings. The number of nitro groups is 3. The molecule has 2 aliphatic carbocycles. The highest BCUT2D eigenvalue weighted by atomic mass is 16.7. The minimum Gasteiger partial charge on any atom is -0.478 e. The SMILES string of the molecule is CC.CC[C@H]1C(=O)OCc2c1cc1n(c2=O)Cc2cc3cc(OC(=O)OC(C)(C)C)ccc3nc2-1.C[C@H](O/N=C1\C2=CC(C([N+](=O)[O-])=CC(N)=C2)c2c1cc([N+](=O)[O-])cc2[N+](=O)[O-])C(=O)O. The number of non-ortho nitro benzene ring substituents is 1. The second kappa shape index (κ2) is 18.4. The minimum atomic E-state index is -1.41. The predicted molar refractivity (Wildman–Crippen MR) is 234 cm³/mol. The van der Waals surface area contributed by atoms with Crippen LogP contribution in [-0.4, -0.2) is 64.9 Å². The molecule has 2 aliphatic heterocycles. The zero-order valence-corrected chi connectivity index (χ0v) is 36.6. The first-order valence-electron chi connectivity index (χ1n) is 20.4. The van der Waals surface area contributed by atoms with Crippen molar-refractivity contribution in [2.75, 3.05) is 0 Å². The fourth-order valence-electron chi connectivity index (χ4n) is 7.59. The number of pyridine rings is 2. The van der Waals surface area contributed by atoms with Crippen LogP contribution < -0.4 is 16.0 Å². The summed E-state index contributed by atoms with van der Waals surface area (Å²) in [4.78, 5) is 90.3. The third-order valence-electron chi connectivity index (χ3n) is 10.4. The number of rotatable bonds is 8. The lowest BCUT2D eigenvalue weighted by Crippen LogP contribution is -2.32. The van der Waals surface area contributed by atoms with E-state index in [1.54, 1.807) is 43.5 Å². The normalized spacial score (nSPS) is 17.4. The number of carbonyl (C=O) groups is 3. The largest absolute Gasteiger partial charge is 0.514 e. The topological polar surface area (TPSA) is 311 Å². The summed E-state index contributed by atoms with van der Waals surface area (Å²) in [6.07, 6.45) is 1.94. The predicted octanol–water partition coefficient (Wildman–Crippen LogP) is 7.05. The second-order valence-electron chi connectivity index (χ2n) is 15.9. The Bertz CT molecular complexity index is 2940. The first kappa shape index (κ1) is 47.2. The molecule has 3 atom stereocenters. The molecule has 2 aromatic heterocycles. The number of carbonyl (C=O) groups excluding carboxylic acids is 2. The molecular formula is C44H43N7O15. The van der Waals surface area contributed by atoms with Crippen LogP contribution in [0.15, 0.2) is 87.6 Å². The number of nitro benzene ring substituents is 2. The molecule has 0 radical (unpaired) electrons. The van der Waals surface area contributed by atoms with Gasteiger partial charge in [0.05, 0.1) is 61.3 Å². The average molecular weight is 910 g/mol. The van der Waals surface area contributed by atoms with Gasteiger partial charge in [0.25, 0.3) is 22.6 Å². The number of carboxylic acids is 1. The summed E-state index contributed by atoms with van der Waals surface area (Å²) in [5, 5.41) is 48.2. The smallest absolute Gasteiger partial charge is 0.478 e. The van der Waals surface area contributed by atoms with Gasteiger partial charge < -0.3 is 34.5 Å². The lowest BCUT2D eigenvalue weighted by atomic mass is 9.80. The Morgan fingerprint density at radius 2 is 1.74 bits per heavy atom. The van der Waals surface area contributed by atoms with E-state index in [1.807, 2.05) is 32.9 Å². The number of aliphatic carboxylic acids is 1. The second-order valence-corrected chi connectivity index (χ2v) is 15.9. The van der Waals surface area contributed by atoms with E-state index in [-0.39, 0.29) is 46.2 Å². The average Bonchev–Trinajstić information content (AvgIpc) is 3.52. The standard InChI is InChI=1S/C25H24N2O6.C17H13N5O9.C2H6/c1-5-16-17-10-20-21-14(11-27(20)22(28)18(17)12-31-23(16)29)8-13-9-15(6-7-19(13)26-21)32-24(30)33-25(2,3)4;1-7(17(23)24)31-19-16-8-2-9(18)4-13(21(27)28)11(3-8)15-12(16)5-10(20(25)26)6-14(15)22(29)30;1-2/h6-10,16H,5,11-12H2,1-4H3;2-7,11H,18H2,1H3,(H,23,24);1-2H3/b;19-16+;/t16-;7-,11?;/m10./s1. The van der Waals surface area contributed by atoms with Crippen molar-refractivity contribution in [1.82, 2.24) is 9.55 Å². The monoisotopic (exact) mass is 909 g/mol. The molecule has 22 heteroatoms. The summed E-state index contributed by atoms with van der Waals surface area (Å²) in [5.74, 6) is -3.01. The van der Waals surface area contributed by atoms with Crippen molar-refractivity contribution in [3.05, 3.63) is 146 Å². The van der Waals surface area contributed by atoms with Crippen molar-refractivity contribution in [2.45, 2.75) is 91.6 Å². The number of hydrogen-bond donors (Lipinski definition) is 2. The lowest BCUT2D eigenvalue weighted by molar-refractivity contribution is -0.429. The van der Waals surface area contributed by atoms with Crippen molar-refractivity contribution < 1.29 is 53.3 Å². The Morgan fingerprint density at radius 3 is 2.36 bits per heavy atom. The molecule has 1 unspecified atom stereocenters. The Hall–Kier alpha value is -8.30. The van der Waals surface area contributed by atoms with E-state index in [9.17, 15) is 49.5 Å². The Balaban J connectivity index is 0.000000211. The third-order valence-corrected chi connectivity index (χ3v) is 10.4. The quantitative estimate of drug-likeness (QED) is 0.0681. The van der Waals surface area contributed by atoms with E-state index in [4.69, 9.17) is 34.9 Å². The molecule has 0 spiro atoms. The maximum atomic E-state index is 13.2. The van der Waals surface area contributed by atoms with Crippen LogP contribution in [-0.2, 0) is 37.1 Å². The van der Waals surface area contributed by atoms with Gasteiger partial charge in [0, 0.05) is 39.9 Å². The van der Waals surface area contributed by atoms with Crippen LogP contribution >= 0.6 is 0 Å². The molecule has 2 bridgehead atoms. The molecule has 344 valence electrons. The van der Waals surface area contributed by atoms with Crippen LogP contribution in [0.2, 0.25) is 0 Å². The lowest BCUT2D eigenvalue weighted by Gasteiger charge is -2.24. The van der Waals surface area contributed by atoms with E-state index in [0.717, 1.165) is 34.3 Å². The molecule has 66 heavy (non-hydrogen) atoms. The summed E-state index contributed by atoms with van der Waals surface area (Å²) in [6.45, 7) is 12.8. The van der Waals surface area contributed by atoms with Gasteiger partial charge in [0.2, 0.25) is 6.10 Å². The van der Waals surface area contributed by atoms with E-state index < -0.39 is 67.5 Å². The Labute approximate surface area is 374 Å². The minimum absolute atomic E-state index is 0.000886. The number of nitrogens with two attached hydrogens (primary N) is 1. The van der Waals surface area contributed by atoms with Gasteiger partial charge in [0.1, 0.15) is 29.6 Å². The number of esters is 1. The summed E-state index contributed by atoms with van der Waals surface area (Å²) in [6, 6.07) is 10.7. The van der Waals surface area contributed by atoms with E-state index in [2.05, 4.69) is 5.16 Å². The zero-order valence-electron chi connectivity index (χ0n) is 36.6. The number of fused-ring (bicyclic) bond motifs is 8. The van der Waals surface area contributed by atoms with E-state index in [1.165, 1.54) is 19.1 Å². The van der Waals surface area contributed by atoms with Gasteiger partial charge in [-0.1, -0.05) is 32.0 Å². The third kappa shape index (κ3) is 9.32. The number of ether oxygens (including phenoxy) is 3. The van der Waals surface area contributed by atoms with Gasteiger partial charge >= 0.3 is 18.1 Å². The van der Waals surface area contributed by atoms with Gasteiger partial charge in [-0.05, 0) is 76.1 Å². The van der Waals surface area contributed by atoms with Crippen LogP contribution in [0.4, 0.5) is 16.2 Å². The van der Waals surface area contributed by atoms with Crippen LogP contribution in [0.5, 0.6) is 5.75 Å². The molecule has 4 heterocycles. The molecule has 8 rings (SSSR count). The van der Waals surface area contributed by atoms with Gasteiger partial charge in [-0.2, -0.15) is 0 Å². The van der Waals surface area contributed by atoms with Crippen molar-refractivity contribution in [3.63, 3.8) is 0 Å². The van der Waals surface area contributed by atoms with E-state index in [0.29, 0.717) is 41.6 Å². The molecule has 0 fully saturated rings. The highest BCUT2D eigenvalue weighted by Gasteiger charge is 2.42. The van der Waals surface area contributed by atoms with Gasteiger partial charge in [0.15, 0.2) is 0 Å². The first-order chi connectivity index (χ1) is 31.1. The van der Waals surface area contributed by atoms with Gasteiger partial charge in [-0.25, -0.2) is 14.6 Å². The first-order valence-corrected chi connectivity index (χ1v) is 20.4. The molecule has 4 aromatic rings. The number of carboxylic acid groups (broad SMARTS) is 1. The molecular weight excluding hydrogens is 867 g/mol. The number of cyclic esters (lactones) is 1. The van der Waals surface area contributed by atoms with Gasteiger partial charge in [-0.3, -0.25) is 39.9 Å². The number of nitrogens with zero attached hydrogens (tertiary/aromatic N) is 6. The molecule has 3 N–H and O–H groups in total. The number of oxime groups is 1. The van der Waals surface area contributed by atoms with E-state index >= 15 is 0 Å². The maximum absolute atomic E-state index is 13.2. The molecule has 2 aromatic carbocycles. The molecule has 0 saturated heterocycles. The molecule has 0 amide bonds. The number of allylic oxidation sites excluding steroid dienone is 4. The summed E-state index contributed by atoms with van der Waals surface area (Å²) in [5.41, 5.74) is 6.86. The number of hydrogen-bond acceptors (Lipinski definition) is 17. The maximum Gasteiger partial charge on any atom is 0.514 e. The van der Waals surface area contributed by atoms with Gasteiger partial charge in [-0.15, -0.1) is 0 Å². The number of aromatic nitrogens is 2. The highest BCUT2D eigenvalue weighted by molar-refractivity contribution is 6.17. The summed E-state index contributed by atoms with van der Waals surface area (Å²) >= 11 is 0. The van der Waals surface area contributed by atoms with Crippen molar-refractivity contribution in [3.8, 4) is 17.1 Å². The fraction of sp³-hybridized carbons (Fsp3) is 0.318. The summed E-state index contributed by atoms with van der Waals surface area (Å²) in [7, 11) is 0. The van der Waals surface area contributed by atoms with Crippen LogP contribution in [0, 0.1) is 30.3 Å². The van der Waals surface area contributed by atoms with Crippen molar-refractivity contribution in [2.24, 2.45) is 10.9 Å². The fourth-order valence-corrected chi connectivity index (χ4v) is 7.59. The van der Waals surface area contributed by atoms with Crippen LogP contribution in [0.1, 0.15) is 94.5 Å². The van der Waals surface area contributed by atoms with Crippen molar-refractivity contribution >= 4 is 46.1 Å². The molecule has 22 nitrogen and oxygen atoms in total. The van der Waals surface area contributed by atoms with Crippen molar-refractivity contribution in [1.29, 1.82) is 0 Å². The summed E-state index contributed by atoms with van der Waals surface area (Å²) < 4.78 is 17.4. The Kier molecular flexibility index (Phi) is 13.2. The zero-order chi connectivity index (χ0) is 48.5.